The molecular formula is C9H15N3. The van der Waals surface area contributed by atoms with Crippen LogP contribution in [0, 0.1) is 0 Å². The first-order valence-electron chi connectivity index (χ1n) is 4.57. The van der Waals surface area contributed by atoms with E-state index in [0.29, 0.717) is 12.0 Å². The van der Waals surface area contributed by atoms with E-state index >= 15 is 0 Å². The molecule has 1 atom stereocenters. The molecule has 1 aliphatic heterocycles. The highest BCUT2D eigenvalue weighted by molar-refractivity contribution is 5.81. The Hall–Kier alpha value is -0.990. The van der Waals surface area contributed by atoms with Gasteiger partial charge in [-0.25, -0.2) is 4.99 Å². The molecule has 12 heavy (non-hydrogen) atoms. The minimum Gasteiger partial charge on any atom is -0.370 e. The van der Waals surface area contributed by atoms with E-state index in [-0.39, 0.29) is 0 Å². The predicted octanol–water partition coefficient (Wildman–Crippen LogP) is 1.12. The molecule has 66 valence electrons. The highest BCUT2D eigenvalue weighted by Gasteiger charge is 2.23. The van der Waals surface area contributed by atoms with Gasteiger partial charge in [0.2, 0.25) is 0 Å². The zero-order valence-electron chi connectivity index (χ0n) is 7.43. The summed E-state index contributed by atoms with van der Waals surface area (Å²) in [4.78, 5) is 4.38. The Labute approximate surface area is 72.7 Å². The fourth-order valence-corrected chi connectivity index (χ4v) is 2.05. The topological polar surface area (TPSA) is 50.4 Å². The molecule has 0 spiro atoms. The molecule has 0 saturated heterocycles. The quantitative estimate of drug-likeness (QED) is 0.565. The van der Waals surface area contributed by atoms with Crippen LogP contribution < -0.4 is 11.1 Å². The molecule has 2 rings (SSSR count). The monoisotopic (exact) mass is 165 g/mol. The van der Waals surface area contributed by atoms with E-state index in [1.54, 1.807) is 0 Å². The summed E-state index contributed by atoms with van der Waals surface area (Å²) >= 11 is 0. The van der Waals surface area contributed by atoms with Gasteiger partial charge in [-0.2, -0.15) is 0 Å². The summed E-state index contributed by atoms with van der Waals surface area (Å²) in [6.45, 7) is 2.09. The van der Waals surface area contributed by atoms with Crippen LogP contribution in [-0.4, -0.2) is 12.0 Å². The van der Waals surface area contributed by atoms with Crippen LogP contribution in [0.1, 0.15) is 32.6 Å². The van der Waals surface area contributed by atoms with Crippen LogP contribution in [0.4, 0.5) is 0 Å². The van der Waals surface area contributed by atoms with Gasteiger partial charge in [0.25, 0.3) is 0 Å². The third-order valence-electron chi connectivity index (χ3n) is 2.67. The SMILES string of the molecule is CC1=C2CCCCC2N=C(N)N1. The number of fused-ring (bicyclic) bond motifs is 1. The molecule has 0 radical (unpaired) electrons. The molecule has 0 aromatic carbocycles. The number of hydrogen-bond donors (Lipinski definition) is 2. The first-order valence-corrected chi connectivity index (χ1v) is 4.57. The Kier molecular flexibility index (Phi) is 1.79. The van der Waals surface area contributed by atoms with Gasteiger partial charge in [-0.15, -0.1) is 0 Å². The van der Waals surface area contributed by atoms with Gasteiger partial charge in [-0.3, -0.25) is 0 Å². The molecule has 1 unspecified atom stereocenters. The number of aliphatic imine (C=N–C) groups is 1. The van der Waals surface area contributed by atoms with Gasteiger partial charge in [0.15, 0.2) is 5.96 Å². The maximum atomic E-state index is 5.64. The van der Waals surface area contributed by atoms with E-state index in [1.165, 1.54) is 37.0 Å². The van der Waals surface area contributed by atoms with Crippen LogP contribution in [0.5, 0.6) is 0 Å². The zero-order chi connectivity index (χ0) is 8.55. The van der Waals surface area contributed by atoms with E-state index in [0.717, 1.165) is 0 Å². The van der Waals surface area contributed by atoms with Crippen molar-refractivity contribution in [1.29, 1.82) is 0 Å². The van der Waals surface area contributed by atoms with Crippen molar-refractivity contribution in [3.05, 3.63) is 11.3 Å². The molecular weight excluding hydrogens is 150 g/mol. The van der Waals surface area contributed by atoms with Gasteiger partial charge in [-0.1, -0.05) is 6.42 Å². The van der Waals surface area contributed by atoms with Crippen molar-refractivity contribution in [3.63, 3.8) is 0 Å². The molecule has 1 heterocycles. The fraction of sp³-hybridized carbons (Fsp3) is 0.667. The van der Waals surface area contributed by atoms with Gasteiger partial charge in [0, 0.05) is 5.70 Å². The minimum atomic E-state index is 0.389. The fourth-order valence-electron chi connectivity index (χ4n) is 2.05. The lowest BCUT2D eigenvalue weighted by molar-refractivity contribution is 0.521. The van der Waals surface area contributed by atoms with Crippen LogP contribution >= 0.6 is 0 Å². The van der Waals surface area contributed by atoms with Gasteiger partial charge in [0.1, 0.15) is 0 Å². The van der Waals surface area contributed by atoms with Crippen molar-refractivity contribution in [2.75, 3.05) is 0 Å². The number of nitrogens with one attached hydrogen (secondary N) is 1. The maximum Gasteiger partial charge on any atom is 0.193 e. The Bertz CT molecular complexity index is 252. The van der Waals surface area contributed by atoms with Crippen molar-refractivity contribution >= 4 is 5.96 Å². The third-order valence-corrected chi connectivity index (χ3v) is 2.67. The van der Waals surface area contributed by atoms with Crippen molar-refractivity contribution in [2.24, 2.45) is 10.7 Å². The molecule has 0 aromatic rings. The summed E-state index contributed by atoms with van der Waals surface area (Å²) in [7, 11) is 0. The standard InChI is InChI=1S/C9H15N3/c1-6-7-4-2-3-5-8(7)12-9(10)11-6/h8H,2-5H2,1H3,(H3,10,11,12). The number of nitrogens with two attached hydrogens (primary N) is 1. The average Bonchev–Trinajstić information content (AvgIpc) is 2.04. The van der Waals surface area contributed by atoms with Crippen LogP contribution in [-0.2, 0) is 0 Å². The number of allylic oxidation sites excluding steroid dienone is 1. The predicted molar refractivity (Wildman–Crippen MR) is 49.7 cm³/mol. The average molecular weight is 165 g/mol. The Balaban J connectivity index is 2.25. The van der Waals surface area contributed by atoms with Crippen LogP contribution in [0.15, 0.2) is 16.3 Å². The normalized spacial score (nSPS) is 29.1. The van der Waals surface area contributed by atoms with E-state index in [9.17, 15) is 0 Å². The maximum absolute atomic E-state index is 5.64. The first kappa shape index (κ1) is 7.65. The van der Waals surface area contributed by atoms with E-state index in [1.807, 2.05) is 0 Å². The molecule has 3 heteroatoms. The highest BCUT2D eigenvalue weighted by atomic mass is 15.1. The van der Waals surface area contributed by atoms with Crippen molar-refractivity contribution in [1.82, 2.24) is 5.32 Å². The number of guanidine groups is 1. The zero-order valence-corrected chi connectivity index (χ0v) is 7.43. The Morgan fingerprint density at radius 3 is 3.17 bits per heavy atom. The van der Waals surface area contributed by atoms with E-state index in [4.69, 9.17) is 5.73 Å². The molecule has 1 aliphatic carbocycles. The lowest BCUT2D eigenvalue weighted by Crippen LogP contribution is -2.38. The van der Waals surface area contributed by atoms with E-state index in [2.05, 4.69) is 17.2 Å². The number of hydrogen-bond acceptors (Lipinski definition) is 3. The van der Waals surface area contributed by atoms with Crippen molar-refractivity contribution < 1.29 is 0 Å². The summed E-state index contributed by atoms with van der Waals surface area (Å²) in [6.07, 6.45) is 4.97. The second-order valence-electron chi connectivity index (χ2n) is 3.55. The van der Waals surface area contributed by atoms with Crippen LogP contribution in [0.25, 0.3) is 0 Å². The van der Waals surface area contributed by atoms with Gasteiger partial charge in [-0.05, 0) is 31.8 Å². The van der Waals surface area contributed by atoms with Crippen molar-refractivity contribution in [2.45, 2.75) is 38.6 Å². The molecule has 3 nitrogen and oxygen atoms in total. The van der Waals surface area contributed by atoms with Crippen LogP contribution in [0.2, 0.25) is 0 Å². The number of rotatable bonds is 0. The van der Waals surface area contributed by atoms with Gasteiger partial charge < -0.3 is 11.1 Å². The second-order valence-corrected chi connectivity index (χ2v) is 3.55. The van der Waals surface area contributed by atoms with Gasteiger partial charge in [0.05, 0.1) is 6.04 Å². The first-order chi connectivity index (χ1) is 5.77. The molecule has 1 saturated carbocycles. The summed E-state index contributed by atoms with van der Waals surface area (Å²) in [5, 5.41) is 3.09. The third kappa shape index (κ3) is 1.19. The van der Waals surface area contributed by atoms with Crippen LogP contribution in [0.3, 0.4) is 0 Å². The number of nitrogens with zero attached hydrogens (tertiary/aromatic N) is 1. The lowest BCUT2D eigenvalue weighted by atomic mass is 9.88. The molecule has 3 N–H and O–H groups in total. The largest absolute Gasteiger partial charge is 0.370 e. The second kappa shape index (κ2) is 2.81. The lowest BCUT2D eigenvalue weighted by Gasteiger charge is -2.28. The summed E-state index contributed by atoms with van der Waals surface area (Å²) < 4.78 is 0. The summed E-state index contributed by atoms with van der Waals surface area (Å²) in [5.41, 5.74) is 8.33. The minimum absolute atomic E-state index is 0.389. The molecule has 0 amide bonds. The molecule has 1 fully saturated rings. The van der Waals surface area contributed by atoms with Crippen molar-refractivity contribution in [3.8, 4) is 0 Å². The molecule has 0 bridgehead atoms. The van der Waals surface area contributed by atoms with Gasteiger partial charge >= 0.3 is 0 Å². The Morgan fingerprint density at radius 2 is 2.33 bits per heavy atom. The summed E-state index contributed by atoms with van der Waals surface area (Å²) in [5.74, 6) is 0.586. The summed E-state index contributed by atoms with van der Waals surface area (Å²) in [6, 6.07) is 0.389. The Morgan fingerprint density at radius 1 is 1.50 bits per heavy atom. The molecule has 0 aromatic heterocycles. The van der Waals surface area contributed by atoms with E-state index < -0.39 is 0 Å². The molecule has 2 aliphatic rings. The highest BCUT2D eigenvalue weighted by Crippen LogP contribution is 2.29. The smallest absolute Gasteiger partial charge is 0.193 e.